The van der Waals surface area contributed by atoms with Gasteiger partial charge in [-0.05, 0) is 27.4 Å². The third-order valence-electron chi connectivity index (χ3n) is 3.12. The van der Waals surface area contributed by atoms with E-state index >= 15 is 0 Å². The predicted molar refractivity (Wildman–Crippen MR) is 69.0 cm³/mol. The van der Waals surface area contributed by atoms with Gasteiger partial charge in [0.05, 0.1) is 0 Å². The van der Waals surface area contributed by atoms with Crippen molar-refractivity contribution in [3.05, 3.63) is 11.1 Å². The summed E-state index contributed by atoms with van der Waals surface area (Å²) >= 11 is 1.72. The fraction of sp³-hybridized carbons (Fsp3) is 0.727. The number of nitrogens with two attached hydrogens (primary N) is 1. The minimum Gasteiger partial charge on any atom is -0.346 e. The monoisotopic (exact) mass is 240 g/mol. The summed E-state index contributed by atoms with van der Waals surface area (Å²) in [5, 5.41) is 1.12. The van der Waals surface area contributed by atoms with Crippen molar-refractivity contribution in [1.82, 2.24) is 9.88 Å². The predicted octanol–water partition coefficient (Wildman–Crippen LogP) is 1.30. The average Bonchev–Trinajstić information content (AvgIpc) is 2.86. The molecule has 1 aromatic rings. The summed E-state index contributed by atoms with van der Waals surface area (Å²) < 4.78 is 0. The number of aromatic nitrogens is 1. The third-order valence-corrected chi connectivity index (χ3v) is 4.38. The van der Waals surface area contributed by atoms with Crippen LogP contribution in [0.3, 0.4) is 0 Å². The van der Waals surface area contributed by atoms with Crippen molar-refractivity contribution in [2.24, 2.45) is 5.73 Å². The van der Waals surface area contributed by atoms with Gasteiger partial charge >= 0.3 is 0 Å². The fourth-order valence-electron chi connectivity index (χ4n) is 1.97. The molecule has 0 aliphatic carbocycles. The molecule has 1 fully saturated rings. The molecule has 1 aliphatic rings. The summed E-state index contributed by atoms with van der Waals surface area (Å²) in [6.07, 6.45) is 3.13. The molecule has 0 aromatic carbocycles. The molecule has 0 saturated carbocycles. The van der Waals surface area contributed by atoms with Gasteiger partial charge in [0.2, 0.25) is 0 Å². The Kier molecular flexibility index (Phi) is 3.47. The number of anilines is 1. The van der Waals surface area contributed by atoms with Gasteiger partial charge in [-0.3, -0.25) is 0 Å². The summed E-state index contributed by atoms with van der Waals surface area (Å²) in [5.74, 6) is 0. The molecule has 1 aromatic heterocycles. The highest BCUT2D eigenvalue weighted by Crippen LogP contribution is 2.29. The van der Waals surface area contributed by atoms with Crippen LogP contribution in [0.4, 0.5) is 5.13 Å². The maximum atomic E-state index is 5.84. The Morgan fingerprint density at radius 2 is 2.38 bits per heavy atom. The standard InChI is InChI=1S/C11H20N4S/c1-8(12)10-6-13-11(16-10)15-5-4-9(7-15)14(2)3/h6,8-9H,4-5,7,12H2,1-3H3. The van der Waals surface area contributed by atoms with Gasteiger partial charge in [-0.2, -0.15) is 0 Å². The molecule has 2 atom stereocenters. The molecule has 0 amide bonds. The van der Waals surface area contributed by atoms with Crippen LogP contribution >= 0.6 is 11.3 Å². The Bertz CT molecular complexity index is 348. The maximum absolute atomic E-state index is 5.84. The highest BCUT2D eigenvalue weighted by molar-refractivity contribution is 7.15. The summed E-state index contributed by atoms with van der Waals surface area (Å²) in [6.45, 7) is 4.19. The number of hydrogen-bond acceptors (Lipinski definition) is 5. The van der Waals surface area contributed by atoms with Crippen LogP contribution in [0.5, 0.6) is 0 Å². The topological polar surface area (TPSA) is 45.4 Å². The highest BCUT2D eigenvalue weighted by Gasteiger charge is 2.25. The van der Waals surface area contributed by atoms with Crippen molar-refractivity contribution < 1.29 is 0 Å². The first-order chi connectivity index (χ1) is 7.58. The number of hydrogen-bond donors (Lipinski definition) is 1. The summed E-state index contributed by atoms with van der Waals surface area (Å²) in [4.78, 5) is 10.3. The van der Waals surface area contributed by atoms with E-state index in [1.54, 1.807) is 11.3 Å². The number of nitrogens with zero attached hydrogens (tertiary/aromatic N) is 3. The van der Waals surface area contributed by atoms with Crippen LogP contribution in [0.25, 0.3) is 0 Å². The van der Waals surface area contributed by atoms with E-state index in [-0.39, 0.29) is 6.04 Å². The van der Waals surface area contributed by atoms with Gasteiger partial charge < -0.3 is 15.5 Å². The zero-order chi connectivity index (χ0) is 11.7. The van der Waals surface area contributed by atoms with Crippen LogP contribution in [0.15, 0.2) is 6.20 Å². The van der Waals surface area contributed by atoms with E-state index in [9.17, 15) is 0 Å². The van der Waals surface area contributed by atoms with Crippen LogP contribution in [0.1, 0.15) is 24.3 Å². The van der Waals surface area contributed by atoms with E-state index < -0.39 is 0 Å². The summed E-state index contributed by atoms with van der Waals surface area (Å²) in [5.41, 5.74) is 5.84. The molecule has 2 N–H and O–H groups in total. The molecular formula is C11H20N4S. The molecule has 0 spiro atoms. The van der Waals surface area contributed by atoms with Crippen molar-refractivity contribution in [1.29, 1.82) is 0 Å². The van der Waals surface area contributed by atoms with Crippen molar-refractivity contribution in [2.75, 3.05) is 32.1 Å². The van der Waals surface area contributed by atoms with E-state index in [0.717, 1.165) is 18.2 Å². The number of rotatable bonds is 3. The van der Waals surface area contributed by atoms with E-state index in [4.69, 9.17) is 5.73 Å². The largest absolute Gasteiger partial charge is 0.346 e. The van der Waals surface area contributed by atoms with Crippen molar-refractivity contribution >= 4 is 16.5 Å². The van der Waals surface area contributed by atoms with E-state index in [1.807, 2.05) is 13.1 Å². The minimum atomic E-state index is 0.0958. The first-order valence-electron chi connectivity index (χ1n) is 5.70. The molecule has 5 heteroatoms. The second-order valence-electron chi connectivity index (χ2n) is 4.69. The minimum absolute atomic E-state index is 0.0958. The third kappa shape index (κ3) is 2.36. The molecule has 16 heavy (non-hydrogen) atoms. The van der Waals surface area contributed by atoms with E-state index in [1.165, 1.54) is 11.3 Å². The maximum Gasteiger partial charge on any atom is 0.185 e. The fourth-order valence-corrected chi connectivity index (χ4v) is 2.87. The second kappa shape index (κ2) is 4.69. The van der Waals surface area contributed by atoms with Crippen LogP contribution < -0.4 is 10.6 Å². The highest BCUT2D eigenvalue weighted by atomic mass is 32.1. The molecular weight excluding hydrogens is 220 g/mol. The lowest BCUT2D eigenvalue weighted by molar-refractivity contribution is 0.315. The lowest BCUT2D eigenvalue weighted by Crippen LogP contribution is -2.31. The molecule has 0 bridgehead atoms. The van der Waals surface area contributed by atoms with Crippen LogP contribution in [-0.2, 0) is 0 Å². The first kappa shape index (κ1) is 11.8. The summed E-state index contributed by atoms with van der Waals surface area (Å²) in [6, 6.07) is 0.751. The molecule has 2 heterocycles. The Labute approximate surface area is 101 Å². The molecule has 90 valence electrons. The lowest BCUT2D eigenvalue weighted by atomic mass is 10.2. The van der Waals surface area contributed by atoms with E-state index in [0.29, 0.717) is 6.04 Å². The SMILES string of the molecule is CC(N)c1cnc(N2CCC(N(C)C)C2)s1. The van der Waals surface area contributed by atoms with Crippen molar-refractivity contribution in [3.63, 3.8) is 0 Å². The van der Waals surface area contributed by atoms with Crippen LogP contribution in [0, 0.1) is 0 Å². The van der Waals surface area contributed by atoms with E-state index in [2.05, 4.69) is 28.9 Å². The Balaban J connectivity index is 2.03. The zero-order valence-electron chi connectivity index (χ0n) is 10.2. The molecule has 1 aliphatic heterocycles. The molecule has 1 saturated heterocycles. The normalized spacial score (nSPS) is 23.1. The van der Waals surface area contributed by atoms with Gasteiger partial charge in [-0.15, -0.1) is 11.3 Å². The Hall–Kier alpha value is -0.650. The summed E-state index contributed by atoms with van der Waals surface area (Å²) in [7, 11) is 4.28. The Morgan fingerprint density at radius 3 is 2.88 bits per heavy atom. The van der Waals surface area contributed by atoms with Gasteiger partial charge in [0.1, 0.15) is 0 Å². The smallest absolute Gasteiger partial charge is 0.185 e. The van der Waals surface area contributed by atoms with Gasteiger partial charge in [0.25, 0.3) is 0 Å². The van der Waals surface area contributed by atoms with Gasteiger partial charge in [0.15, 0.2) is 5.13 Å². The molecule has 2 rings (SSSR count). The quantitative estimate of drug-likeness (QED) is 0.865. The molecule has 0 radical (unpaired) electrons. The van der Waals surface area contributed by atoms with Crippen LogP contribution in [-0.4, -0.2) is 43.1 Å². The molecule has 4 nitrogen and oxygen atoms in total. The Morgan fingerprint density at radius 1 is 1.62 bits per heavy atom. The molecule has 2 unspecified atom stereocenters. The van der Waals surface area contributed by atoms with Gasteiger partial charge in [-0.25, -0.2) is 4.98 Å². The van der Waals surface area contributed by atoms with Crippen molar-refractivity contribution in [2.45, 2.75) is 25.4 Å². The first-order valence-corrected chi connectivity index (χ1v) is 6.52. The average molecular weight is 240 g/mol. The van der Waals surface area contributed by atoms with Crippen LogP contribution in [0.2, 0.25) is 0 Å². The van der Waals surface area contributed by atoms with Crippen molar-refractivity contribution in [3.8, 4) is 0 Å². The lowest BCUT2D eigenvalue weighted by Gasteiger charge is -2.19. The number of thiazole rings is 1. The zero-order valence-corrected chi connectivity index (χ0v) is 11.0. The van der Waals surface area contributed by atoms with Gasteiger partial charge in [0, 0.05) is 36.2 Å². The number of likely N-dealkylation sites (N-methyl/N-ethyl adjacent to an activating group) is 1. The van der Waals surface area contributed by atoms with Gasteiger partial charge in [-0.1, -0.05) is 0 Å². The second-order valence-corrected chi connectivity index (χ2v) is 5.73.